The van der Waals surface area contributed by atoms with Gasteiger partial charge >= 0.3 is 5.97 Å². The van der Waals surface area contributed by atoms with Crippen molar-refractivity contribution in [3.63, 3.8) is 0 Å². The molecule has 12 nitrogen and oxygen atoms in total. The summed E-state index contributed by atoms with van der Waals surface area (Å²) >= 11 is 0. The number of carbonyl (C=O) groups is 2. The van der Waals surface area contributed by atoms with Crippen molar-refractivity contribution in [2.24, 2.45) is 0 Å². The van der Waals surface area contributed by atoms with E-state index in [1.165, 1.54) is 21.3 Å². The van der Waals surface area contributed by atoms with E-state index in [9.17, 15) is 19.5 Å². The largest absolute Gasteiger partial charge is 0.506 e. The number of nitrogens with one attached hydrogen (secondary N) is 2. The number of benzene rings is 2. The van der Waals surface area contributed by atoms with E-state index < -0.39 is 29.1 Å². The normalized spacial score (nSPS) is 11.3. The molecule has 0 bridgehead atoms. The van der Waals surface area contributed by atoms with E-state index in [1.54, 1.807) is 19.1 Å². The Kier molecular flexibility index (Phi) is 12.3. The predicted molar refractivity (Wildman–Crippen MR) is 163 cm³/mol. The summed E-state index contributed by atoms with van der Waals surface area (Å²) in [5.74, 6) is -0.689. The second kappa shape index (κ2) is 16.1. The van der Waals surface area contributed by atoms with Crippen LogP contribution < -0.4 is 34.6 Å². The number of H-pyrrole nitrogens is 1. The van der Waals surface area contributed by atoms with Gasteiger partial charge in [-0.1, -0.05) is 6.07 Å². The molecule has 0 radical (unpaired) electrons. The predicted octanol–water partition coefficient (Wildman–Crippen LogP) is 3.96. The van der Waals surface area contributed by atoms with E-state index in [0.29, 0.717) is 42.4 Å². The summed E-state index contributed by atoms with van der Waals surface area (Å²) in [5, 5.41) is 14.0. The van der Waals surface area contributed by atoms with E-state index in [2.05, 4.69) is 10.3 Å². The standard InChI is InChI=1S/C32H40N2O10/c1-7-42-23-11-10-19(14-24(23)43-8-2)12-13-33-27(35)17-21(20-15-25(39-4)30(41-6)26(16-20)40-5)28-29(36)22(18-34-31(28)37)32(38)44-9-3/h10-11,14-16,18,21H,7-9,12-13,17H2,1-6H3,(H,33,35)(H2,34,36,37)/t21-/m0/s1. The molecule has 1 aromatic heterocycles. The molecule has 238 valence electrons. The molecule has 0 spiro atoms. The molecule has 0 saturated carbocycles. The van der Waals surface area contributed by atoms with Crippen molar-refractivity contribution in [2.45, 2.75) is 39.5 Å². The number of pyridine rings is 1. The summed E-state index contributed by atoms with van der Waals surface area (Å²) < 4.78 is 32.7. The Morgan fingerprint density at radius 3 is 2.14 bits per heavy atom. The topological polar surface area (TPSA) is 155 Å². The summed E-state index contributed by atoms with van der Waals surface area (Å²) in [6, 6.07) is 8.78. The van der Waals surface area contributed by atoms with Crippen LogP contribution in [0.15, 0.2) is 41.3 Å². The molecule has 0 aliphatic heterocycles. The first-order chi connectivity index (χ1) is 21.2. The van der Waals surface area contributed by atoms with Crippen LogP contribution in [0.1, 0.15) is 60.2 Å². The first-order valence-corrected chi connectivity index (χ1v) is 14.3. The summed E-state index contributed by atoms with van der Waals surface area (Å²) in [6.45, 7) is 6.73. The molecule has 44 heavy (non-hydrogen) atoms. The zero-order valence-corrected chi connectivity index (χ0v) is 25.9. The van der Waals surface area contributed by atoms with Crippen LogP contribution in [0.25, 0.3) is 0 Å². The van der Waals surface area contributed by atoms with Crippen molar-refractivity contribution in [1.82, 2.24) is 10.3 Å². The van der Waals surface area contributed by atoms with Crippen molar-refractivity contribution in [1.29, 1.82) is 0 Å². The Morgan fingerprint density at radius 2 is 1.55 bits per heavy atom. The van der Waals surface area contributed by atoms with Crippen LogP contribution in [0.2, 0.25) is 0 Å². The van der Waals surface area contributed by atoms with Crippen molar-refractivity contribution in [3.8, 4) is 34.5 Å². The Hall–Kier alpha value is -4.87. The van der Waals surface area contributed by atoms with Crippen LogP contribution in [0.4, 0.5) is 0 Å². The number of carbonyl (C=O) groups excluding carboxylic acids is 2. The van der Waals surface area contributed by atoms with Crippen molar-refractivity contribution >= 4 is 11.9 Å². The molecule has 0 fully saturated rings. The average molecular weight is 613 g/mol. The molecule has 1 atom stereocenters. The van der Waals surface area contributed by atoms with Crippen molar-refractivity contribution in [3.05, 3.63) is 69.1 Å². The van der Waals surface area contributed by atoms with Gasteiger partial charge in [-0.3, -0.25) is 9.59 Å². The molecule has 3 N–H and O–H groups in total. The van der Waals surface area contributed by atoms with Gasteiger partial charge in [-0.25, -0.2) is 4.79 Å². The van der Waals surface area contributed by atoms with Crippen LogP contribution in [0.3, 0.4) is 0 Å². The number of amides is 1. The van der Waals surface area contributed by atoms with Crippen LogP contribution in [0, 0.1) is 0 Å². The van der Waals surface area contributed by atoms with Gasteiger partial charge in [0, 0.05) is 25.1 Å². The number of aromatic nitrogens is 1. The smallest absolute Gasteiger partial charge is 0.343 e. The number of methoxy groups -OCH3 is 3. The van der Waals surface area contributed by atoms with Crippen LogP contribution in [0.5, 0.6) is 34.5 Å². The minimum absolute atomic E-state index is 0.0614. The Morgan fingerprint density at radius 1 is 0.886 bits per heavy atom. The van der Waals surface area contributed by atoms with Crippen LogP contribution in [-0.4, -0.2) is 69.7 Å². The SMILES string of the molecule is CCOC(=O)c1c[nH]c(=O)c([C@@H](CC(=O)NCCc2ccc(OCC)c(OCC)c2)c2cc(OC)c(OC)c(OC)c2)c1O. The molecule has 3 aromatic rings. The van der Waals surface area contributed by atoms with Gasteiger partial charge in [0.15, 0.2) is 23.0 Å². The highest BCUT2D eigenvalue weighted by Gasteiger charge is 2.30. The number of aromatic hydroxyl groups is 1. The van der Waals surface area contributed by atoms with Gasteiger partial charge in [0.2, 0.25) is 11.7 Å². The maximum atomic E-state index is 13.3. The van der Waals surface area contributed by atoms with Gasteiger partial charge in [-0.2, -0.15) is 0 Å². The molecular formula is C32H40N2O10. The van der Waals surface area contributed by atoms with Gasteiger partial charge in [-0.15, -0.1) is 0 Å². The lowest BCUT2D eigenvalue weighted by molar-refractivity contribution is -0.121. The number of rotatable bonds is 16. The second-order valence-electron chi connectivity index (χ2n) is 9.48. The number of aromatic amines is 1. The monoisotopic (exact) mass is 612 g/mol. The summed E-state index contributed by atoms with van der Waals surface area (Å²) in [4.78, 5) is 41.5. The third-order valence-corrected chi connectivity index (χ3v) is 6.77. The highest BCUT2D eigenvalue weighted by atomic mass is 16.5. The molecule has 1 heterocycles. The number of hydrogen-bond acceptors (Lipinski definition) is 10. The minimum Gasteiger partial charge on any atom is -0.506 e. The number of ether oxygens (including phenoxy) is 6. The number of hydrogen-bond donors (Lipinski definition) is 3. The maximum absolute atomic E-state index is 13.3. The van der Waals surface area contributed by atoms with Gasteiger partial charge in [0.05, 0.1) is 46.7 Å². The van der Waals surface area contributed by atoms with E-state index in [0.717, 1.165) is 11.8 Å². The molecule has 3 rings (SSSR count). The molecule has 2 aromatic carbocycles. The summed E-state index contributed by atoms with van der Waals surface area (Å²) in [6.07, 6.45) is 1.32. The molecule has 0 aliphatic carbocycles. The average Bonchev–Trinajstić information content (AvgIpc) is 3.01. The maximum Gasteiger partial charge on any atom is 0.343 e. The van der Waals surface area contributed by atoms with Gasteiger partial charge < -0.3 is 43.8 Å². The van der Waals surface area contributed by atoms with Gasteiger partial charge in [-0.05, 0) is 62.6 Å². The molecule has 0 saturated heterocycles. The first kappa shape index (κ1) is 33.6. The Balaban J connectivity index is 1.96. The van der Waals surface area contributed by atoms with Gasteiger partial charge in [0.1, 0.15) is 11.3 Å². The Labute approximate surface area is 256 Å². The quantitative estimate of drug-likeness (QED) is 0.203. The van der Waals surface area contributed by atoms with Crippen LogP contribution in [-0.2, 0) is 16.0 Å². The molecule has 0 aliphatic rings. The van der Waals surface area contributed by atoms with E-state index in [-0.39, 0.29) is 42.2 Å². The highest BCUT2D eigenvalue weighted by Crippen LogP contribution is 2.43. The third-order valence-electron chi connectivity index (χ3n) is 6.77. The lowest BCUT2D eigenvalue weighted by atomic mass is 9.87. The zero-order valence-electron chi connectivity index (χ0n) is 25.9. The fraction of sp³-hybridized carbons (Fsp3) is 0.406. The lowest BCUT2D eigenvalue weighted by Crippen LogP contribution is -2.29. The van der Waals surface area contributed by atoms with E-state index in [1.807, 2.05) is 32.0 Å². The van der Waals surface area contributed by atoms with E-state index in [4.69, 9.17) is 28.4 Å². The third kappa shape index (κ3) is 7.94. The first-order valence-electron chi connectivity index (χ1n) is 14.3. The zero-order chi connectivity index (χ0) is 32.2. The minimum atomic E-state index is -1.02. The molecule has 12 heteroatoms. The van der Waals surface area contributed by atoms with E-state index >= 15 is 0 Å². The molecular weight excluding hydrogens is 572 g/mol. The summed E-state index contributed by atoms with van der Waals surface area (Å²) in [7, 11) is 4.32. The summed E-state index contributed by atoms with van der Waals surface area (Å²) in [5.41, 5.74) is 0.228. The second-order valence-corrected chi connectivity index (χ2v) is 9.48. The number of esters is 1. The highest BCUT2D eigenvalue weighted by molar-refractivity contribution is 5.92. The lowest BCUT2D eigenvalue weighted by Gasteiger charge is -2.22. The van der Waals surface area contributed by atoms with Gasteiger partial charge in [0.25, 0.3) is 5.56 Å². The fourth-order valence-electron chi connectivity index (χ4n) is 4.77. The fourth-order valence-corrected chi connectivity index (χ4v) is 4.77. The molecule has 0 unspecified atom stereocenters. The van der Waals surface area contributed by atoms with Crippen molar-refractivity contribution < 1.29 is 43.1 Å². The Bertz CT molecular complexity index is 1480. The van der Waals surface area contributed by atoms with Crippen LogP contribution >= 0.6 is 0 Å². The molecule has 1 amide bonds. The van der Waals surface area contributed by atoms with Crippen molar-refractivity contribution in [2.75, 3.05) is 47.7 Å².